The lowest BCUT2D eigenvalue weighted by Gasteiger charge is -2.02. The van der Waals surface area contributed by atoms with Crippen LogP contribution in [0.1, 0.15) is 26.2 Å². The van der Waals surface area contributed by atoms with Gasteiger partial charge in [-0.15, -0.1) is 0 Å². The van der Waals surface area contributed by atoms with Crippen molar-refractivity contribution in [2.75, 3.05) is 11.9 Å². The van der Waals surface area contributed by atoms with E-state index in [0.717, 1.165) is 31.4 Å². The highest BCUT2D eigenvalue weighted by Gasteiger charge is 2.01. The zero-order chi connectivity index (χ0) is 14.8. The average molecular weight is 296 g/mol. The van der Waals surface area contributed by atoms with Gasteiger partial charge in [0.25, 0.3) is 0 Å². The molecule has 0 radical (unpaired) electrons. The van der Waals surface area contributed by atoms with Crippen molar-refractivity contribution in [3.63, 3.8) is 0 Å². The second kappa shape index (κ2) is 9.15. The summed E-state index contributed by atoms with van der Waals surface area (Å²) in [6.07, 6.45) is 5.18. The number of esters is 1. The second-order valence-electron chi connectivity index (χ2n) is 4.21. The first kappa shape index (κ1) is 16.2. The fourth-order valence-corrected chi connectivity index (χ4v) is 1.66. The Bertz CT molecular complexity index is 486. The molecule has 0 fully saturated rings. The van der Waals surface area contributed by atoms with E-state index in [1.165, 1.54) is 0 Å². The van der Waals surface area contributed by atoms with Crippen molar-refractivity contribution in [1.29, 1.82) is 0 Å². The lowest BCUT2D eigenvalue weighted by atomic mass is 10.3. The fraction of sp³-hybridized carbons (Fsp3) is 0.333. The van der Waals surface area contributed by atoms with Crippen LogP contribution in [-0.4, -0.2) is 18.5 Å². The summed E-state index contributed by atoms with van der Waals surface area (Å²) < 4.78 is 4.94. The van der Waals surface area contributed by atoms with Gasteiger partial charge in [-0.25, -0.2) is 4.79 Å². The molecule has 0 aliphatic carbocycles. The number of hydrogen-bond donors (Lipinski definition) is 1. The number of nitrogens with one attached hydrogen (secondary N) is 1. The topological polar surface area (TPSA) is 55.4 Å². The van der Waals surface area contributed by atoms with Gasteiger partial charge in [0.2, 0.25) is 5.91 Å². The quantitative estimate of drug-likeness (QED) is 0.475. The van der Waals surface area contributed by atoms with E-state index in [2.05, 4.69) is 12.2 Å². The number of halogens is 1. The van der Waals surface area contributed by atoms with E-state index in [0.29, 0.717) is 17.3 Å². The van der Waals surface area contributed by atoms with Gasteiger partial charge in [0.15, 0.2) is 0 Å². The van der Waals surface area contributed by atoms with Crippen LogP contribution in [0.25, 0.3) is 0 Å². The summed E-state index contributed by atoms with van der Waals surface area (Å²) in [6.45, 7) is 2.45. The van der Waals surface area contributed by atoms with Crippen LogP contribution in [0.15, 0.2) is 36.4 Å². The molecule has 5 heteroatoms. The van der Waals surface area contributed by atoms with Crippen molar-refractivity contribution in [1.82, 2.24) is 0 Å². The SMILES string of the molecule is CCCCCOC(=O)/C=C/C(=O)Nc1cccc(Cl)c1. The van der Waals surface area contributed by atoms with E-state index in [1.807, 2.05) is 0 Å². The largest absolute Gasteiger partial charge is 0.463 e. The van der Waals surface area contributed by atoms with Crippen molar-refractivity contribution < 1.29 is 14.3 Å². The summed E-state index contributed by atoms with van der Waals surface area (Å²) >= 11 is 5.80. The van der Waals surface area contributed by atoms with Crippen LogP contribution in [0.2, 0.25) is 5.02 Å². The third-order valence-corrected chi connectivity index (χ3v) is 2.69. The van der Waals surface area contributed by atoms with E-state index < -0.39 is 11.9 Å². The Morgan fingerprint density at radius 2 is 2.10 bits per heavy atom. The monoisotopic (exact) mass is 295 g/mol. The van der Waals surface area contributed by atoms with Gasteiger partial charge < -0.3 is 10.1 Å². The van der Waals surface area contributed by atoms with Crippen molar-refractivity contribution in [3.05, 3.63) is 41.4 Å². The van der Waals surface area contributed by atoms with Gasteiger partial charge in [0, 0.05) is 22.9 Å². The van der Waals surface area contributed by atoms with Crippen molar-refractivity contribution in [2.24, 2.45) is 0 Å². The molecule has 20 heavy (non-hydrogen) atoms. The highest BCUT2D eigenvalue weighted by molar-refractivity contribution is 6.30. The number of amides is 1. The number of hydrogen-bond acceptors (Lipinski definition) is 3. The normalized spacial score (nSPS) is 10.5. The van der Waals surface area contributed by atoms with Gasteiger partial charge in [0.05, 0.1) is 6.61 Å². The predicted molar refractivity (Wildman–Crippen MR) is 79.7 cm³/mol. The van der Waals surface area contributed by atoms with Crippen LogP contribution in [0.5, 0.6) is 0 Å². The van der Waals surface area contributed by atoms with E-state index in [9.17, 15) is 9.59 Å². The standard InChI is InChI=1S/C15H18ClNO3/c1-2-3-4-10-20-15(19)9-8-14(18)17-13-7-5-6-12(16)11-13/h5-9,11H,2-4,10H2,1H3,(H,17,18)/b9-8+. The summed E-state index contributed by atoms with van der Waals surface area (Å²) in [5.74, 6) is -0.917. The first-order valence-electron chi connectivity index (χ1n) is 6.53. The minimum atomic E-state index is -0.512. The molecule has 0 saturated carbocycles. The maximum atomic E-state index is 11.6. The minimum Gasteiger partial charge on any atom is -0.463 e. The van der Waals surface area contributed by atoms with Gasteiger partial charge in [-0.05, 0) is 24.6 Å². The summed E-state index contributed by atoms with van der Waals surface area (Å²) in [4.78, 5) is 22.9. The molecule has 0 bridgehead atoms. The van der Waals surface area contributed by atoms with Crippen LogP contribution >= 0.6 is 11.6 Å². The maximum Gasteiger partial charge on any atom is 0.330 e. The van der Waals surface area contributed by atoms with Gasteiger partial charge in [0.1, 0.15) is 0 Å². The maximum absolute atomic E-state index is 11.6. The number of unbranched alkanes of at least 4 members (excludes halogenated alkanes) is 2. The van der Waals surface area contributed by atoms with Crippen LogP contribution in [0, 0.1) is 0 Å². The summed E-state index contributed by atoms with van der Waals surface area (Å²) in [7, 11) is 0. The molecule has 0 saturated heterocycles. The number of anilines is 1. The Balaban J connectivity index is 2.34. The zero-order valence-electron chi connectivity index (χ0n) is 11.4. The number of carbonyl (C=O) groups excluding carboxylic acids is 2. The van der Waals surface area contributed by atoms with E-state index in [4.69, 9.17) is 16.3 Å². The molecule has 1 amide bonds. The lowest BCUT2D eigenvalue weighted by Crippen LogP contribution is -2.09. The average Bonchev–Trinajstić information content (AvgIpc) is 2.41. The molecule has 1 aromatic rings. The van der Waals surface area contributed by atoms with Crippen LogP contribution < -0.4 is 5.32 Å². The number of ether oxygens (including phenoxy) is 1. The summed E-state index contributed by atoms with van der Waals surface area (Å²) in [5.41, 5.74) is 0.573. The molecule has 1 aromatic carbocycles. The molecular formula is C15H18ClNO3. The summed E-state index contributed by atoms with van der Waals surface area (Å²) in [5, 5.41) is 3.13. The molecular weight excluding hydrogens is 278 g/mol. The second-order valence-corrected chi connectivity index (χ2v) is 4.64. The minimum absolute atomic E-state index is 0.382. The van der Waals surface area contributed by atoms with E-state index in [1.54, 1.807) is 24.3 Å². The zero-order valence-corrected chi connectivity index (χ0v) is 12.2. The Morgan fingerprint density at radius 1 is 1.30 bits per heavy atom. The van der Waals surface area contributed by atoms with Crippen molar-refractivity contribution in [2.45, 2.75) is 26.2 Å². The molecule has 0 aliphatic heterocycles. The molecule has 108 valence electrons. The van der Waals surface area contributed by atoms with Crippen molar-refractivity contribution in [3.8, 4) is 0 Å². The van der Waals surface area contributed by atoms with Gasteiger partial charge in [-0.1, -0.05) is 37.4 Å². The Kier molecular flexibility index (Phi) is 7.43. The number of benzene rings is 1. The van der Waals surface area contributed by atoms with Crippen LogP contribution in [0.4, 0.5) is 5.69 Å². The highest BCUT2D eigenvalue weighted by Crippen LogP contribution is 2.14. The molecule has 1 rings (SSSR count). The van der Waals surface area contributed by atoms with E-state index in [-0.39, 0.29) is 0 Å². The molecule has 1 N–H and O–H groups in total. The lowest BCUT2D eigenvalue weighted by molar-refractivity contribution is -0.138. The molecule has 0 spiro atoms. The first-order valence-corrected chi connectivity index (χ1v) is 6.91. The molecule has 4 nitrogen and oxygen atoms in total. The third-order valence-electron chi connectivity index (χ3n) is 2.46. The predicted octanol–water partition coefficient (Wildman–Crippen LogP) is 3.57. The Hall–Kier alpha value is -1.81. The molecule has 0 aromatic heterocycles. The van der Waals surface area contributed by atoms with Crippen LogP contribution in [0.3, 0.4) is 0 Å². The molecule has 0 unspecified atom stereocenters. The fourth-order valence-electron chi connectivity index (χ4n) is 1.47. The van der Waals surface area contributed by atoms with Crippen LogP contribution in [-0.2, 0) is 14.3 Å². The molecule has 0 atom stereocenters. The van der Waals surface area contributed by atoms with Gasteiger partial charge in [-0.2, -0.15) is 0 Å². The van der Waals surface area contributed by atoms with E-state index >= 15 is 0 Å². The first-order chi connectivity index (χ1) is 9.61. The number of carbonyl (C=O) groups is 2. The Morgan fingerprint density at radius 3 is 2.80 bits per heavy atom. The van der Waals surface area contributed by atoms with Crippen molar-refractivity contribution >= 4 is 29.2 Å². The third kappa shape index (κ3) is 6.95. The smallest absolute Gasteiger partial charge is 0.330 e. The Labute approximate surface area is 123 Å². The number of rotatable bonds is 7. The molecule has 0 aliphatic rings. The van der Waals surface area contributed by atoms with Gasteiger partial charge >= 0.3 is 5.97 Å². The van der Waals surface area contributed by atoms with Gasteiger partial charge in [-0.3, -0.25) is 4.79 Å². The summed E-state index contributed by atoms with van der Waals surface area (Å²) in [6, 6.07) is 6.77. The highest BCUT2D eigenvalue weighted by atomic mass is 35.5. The molecule has 0 heterocycles.